The molecule has 0 aliphatic rings. The second kappa shape index (κ2) is 10.0. The molecule has 0 radical (unpaired) electrons. The van der Waals surface area contributed by atoms with E-state index in [1.807, 2.05) is 12.1 Å². The number of nitrogens with one attached hydrogen (secondary N) is 2. The Balaban J connectivity index is 1.80. The lowest BCUT2D eigenvalue weighted by atomic mass is 9.87. The van der Waals surface area contributed by atoms with Gasteiger partial charge in [-0.25, -0.2) is 0 Å². The highest BCUT2D eigenvalue weighted by Gasteiger charge is 2.16. The molecule has 0 aliphatic carbocycles. The zero-order chi connectivity index (χ0) is 23.2. The highest BCUT2D eigenvalue weighted by Crippen LogP contribution is 2.27. The quantitative estimate of drug-likeness (QED) is 0.380. The summed E-state index contributed by atoms with van der Waals surface area (Å²) in [4.78, 5) is 46.0. The van der Waals surface area contributed by atoms with Gasteiger partial charge in [-0.2, -0.15) is 0 Å². The minimum absolute atomic E-state index is 0.0453. The Morgan fingerprint density at radius 1 is 1.10 bits per heavy atom. The van der Waals surface area contributed by atoms with Gasteiger partial charge in [-0.05, 0) is 35.2 Å². The lowest BCUT2D eigenvalue weighted by Gasteiger charge is -2.19. The number of halogens is 1. The van der Waals surface area contributed by atoms with E-state index < -0.39 is 35.9 Å². The highest BCUT2D eigenvalue weighted by molar-refractivity contribution is 6.32. The van der Waals surface area contributed by atoms with Gasteiger partial charge >= 0.3 is 5.97 Å². The predicted molar refractivity (Wildman–Crippen MR) is 115 cm³/mol. The fraction of sp³-hybridized carbons (Fsp3) is 0.286. The monoisotopic (exact) mass is 447 g/mol. The Bertz CT molecular complexity index is 999. The molecule has 0 saturated heterocycles. The van der Waals surface area contributed by atoms with Crippen molar-refractivity contribution >= 4 is 40.8 Å². The maximum atomic E-state index is 12.1. The van der Waals surface area contributed by atoms with Crippen LogP contribution in [0, 0.1) is 10.1 Å². The number of amides is 2. The number of carbonyl (C=O) groups excluding carboxylic acids is 3. The van der Waals surface area contributed by atoms with Gasteiger partial charge in [0.2, 0.25) is 0 Å². The predicted octanol–water partition coefficient (Wildman–Crippen LogP) is 3.46. The number of ether oxygens (including phenoxy) is 1. The number of anilines is 1. The van der Waals surface area contributed by atoms with Gasteiger partial charge in [-0.1, -0.05) is 44.5 Å². The number of hydrogen-bond acceptors (Lipinski definition) is 6. The molecule has 0 saturated carbocycles. The van der Waals surface area contributed by atoms with Gasteiger partial charge in [0, 0.05) is 17.3 Å². The molecule has 164 valence electrons. The van der Waals surface area contributed by atoms with Gasteiger partial charge < -0.3 is 15.4 Å². The van der Waals surface area contributed by atoms with E-state index in [0.717, 1.165) is 11.6 Å². The summed E-state index contributed by atoms with van der Waals surface area (Å²) in [6.45, 7) is 5.14. The molecule has 0 atom stereocenters. The van der Waals surface area contributed by atoms with E-state index in [0.29, 0.717) is 5.56 Å². The Morgan fingerprint density at radius 3 is 2.32 bits per heavy atom. The molecule has 0 bridgehead atoms. The summed E-state index contributed by atoms with van der Waals surface area (Å²) in [5.74, 6) is -1.96. The molecular weight excluding hydrogens is 426 g/mol. The molecule has 2 N–H and O–H groups in total. The molecule has 2 amide bonds. The topological polar surface area (TPSA) is 128 Å². The van der Waals surface area contributed by atoms with Crippen molar-refractivity contribution < 1.29 is 24.0 Å². The molecule has 2 aromatic rings. The molecule has 2 aromatic carbocycles. The SMILES string of the molecule is CC(C)(C)c1ccc(C(=O)NCC(=O)OCC(=O)Nc2ccc(Cl)c([N+](=O)[O-])c2)cc1. The van der Waals surface area contributed by atoms with Crippen LogP contribution in [0.2, 0.25) is 5.02 Å². The van der Waals surface area contributed by atoms with Crippen molar-refractivity contribution in [2.75, 3.05) is 18.5 Å². The highest BCUT2D eigenvalue weighted by atomic mass is 35.5. The molecule has 31 heavy (non-hydrogen) atoms. The van der Waals surface area contributed by atoms with E-state index in [1.165, 1.54) is 12.1 Å². The molecule has 0 aromatic heterocycles. The van der Waals surface area contributed by atoms with Crippen LogP contribution in [0.15, 0.2) is 42.5 Å². The summed E-state index contributed by atoms with van der Waals surface area (Å²) in [5.41, 5.74) is 1.18. The van der Waals surface area contributed by atoms with Gasteiger partial charge in [0.25, 0.3) is 17.5 Å². The van der Waals surface area contributed by atoms with Crippen LogP contribution < -0.4 is 10.6 Å². The number of nitrogens with zero attached hydrogens (tertiary/aromatic N) is 1. The zero-order valence-electron chi connectivity index (χ0n) is 17.2. The molecule has 9 nitrogen and oxygen atoms in total. The smallest absolute Gasteiger partial charge is 0.325 e. The third-order valence-electron chi connectivity index (χ3n) is 4.20. The van der Waals surface area contributed by atoms with Crippen molar-refractivity contribution in [1.29, 1.82) is 0 Å². The number of benzene rings is 2. The zero-order valence-corrected chi connectivity index (χ0v) is 18.0. The first kappa shape index (κ1) is 23.8. The Morgan fingerprint density at radius 2 is 1.74 bits per heavy atom. The van der Waals surface area contributed by atoms with Gasteiger partial charge in [-0.15, -0.1) is 0 Å². The van der Waals surface area contributed by atoms with E-state index in [4.69, 9.17) is 16.3 Å². The summed E-state index contributed by atoms with van der Waals surface area (Å²) in [6.07, 6.45) is 0. The second-order valence-corrected chi connectivity index (χ2v) is 8.05. The van der Waals surface area contributed by atoms with E-state index in [2.05, 4.69) is 31.4 Å². The number of rotatable bonds is 7. The van der Waals surface area contributed by atoms with Gasteiger partial charge in [-0.3, -0.25) is 24.5 Å². The molecule has 10 heteroatoms. The third-order valence-corrected chi connectivity index (χ3v) is 4.52. The minimum Gasteiger partial charge on any atom is -0.454 e. The average Bonchev–Trinajstić information content (AvgIpc) is 2.71. The Labute approximate surface area is 183 Å². The van der Waals surface area contributed by atoms with Crippen LogP contribution in [0.5, 0.6) is 0 Å². The van der Waals surface area contributed by atoms with Crippen LogP contribution in [0.3, 0.4) is 0 Å². The molecule has 0 aliphatic heterocycles. The number of nitro benzene ring substituents is 1. The number of nitro groups is 1. The summed E-state index contributed by atoms with van der Waals surface area (Å²) in [7, 11) is 0. The summed E-state index contributed by atoms with van der Waals surface area (Å²) in [6, 6.07) is 10.8. The Hall–Kier alpha value is -3.46. The van der Waals surface area contributed by atoms with Crippen LogP contribution in [0.25, 0.3) is 0 Å². The fourth-order valence-corrected chi connectivity index (χ4v) is 2.69. The minimum atomic E-state index is -0.808. The number of carbonyl (C=O) groups is 3. The third kappa shape index (κ3) is 7.07. The standard InChI is InChI=1S/C21H22ClN3O6/c1-21(2,3)14-6-4-13(5-7-14)20(28)23-11-19(27)31-12-18(26)24-15-8-9-16(22)17(10-15)25(29)30/h4-10H,11-12H2,1-3H3,(H,23,28)(H,24,26). The normalized spacial score (nSPS) is 10.8. The maximum absolute atomic E-state index is 12.1. The van der Waals surface area contributed by atoms with E-state index in [-0.39, 0.29) is 21.8 Å². The molecule has 0 fully saturated rings. The van der Waals surface area contributed by atoms with Crippen molar-refractivity contribution in [1.82, 2.24) is 5.32 Å². The van der Waals surface area contributed by atoms with Crippen molar-refractivity contribution in [3.05, 3.63) is 68.7 Å². The fourth-order valence-electron chi connectivity index (χ4n) is 2.50. The first-order chi connectivity index (χ1) is 14.5. The molecular formula is C21H22ClN3O6. The van der Waals surface area contributed by atoms with Crippen LogP contribution in [-0.4, -0.2) is 35.9 Å². The molecule has 0 spiro atoms. The summed E-state index contributed by atoms with van der Waals surface area (Å²) >= 11 is 5.70. The van der Waals surface area contributed by atoms with E-state index in [1.54, 1.807) is 12.1 Å². The van der Waals surface area contributed by atoms with Gasteiger partial charge in [0.15, 0.2) is 6.61 Å². The molecule has 0 unspecified atom stereocenters. The second-order valence-electron chi connectivity index (χ2n) is 7.64. The van der Waals surface area contributed by atoms with Crippen molar-refractivity contribution in [2.24, 2.45) is 0 Å². The summed E-state index contributed by atoms with van der Waals surface area (Å²) < 4.78 is 4.80. The number of esters is 1. The largest absolute Gasteiger partial charge is 0.454 e. The molecule has 0 heterocycles. The van der Waals surface area contributed by atoms with Crippen LogP contribution in [0.4, 0.5) is 11.4 Å². The van der Waals surface area contributed by atoms with Crippen molar-refractivity contribution in [3.8, 4) is 0 Å². The van der Waals surface area contributed by atoms with Crippen LogP contribution >= 0.6 is 11.6 Å². The molecule has 2 rings (SSSR count). The van der Waals surface area contributed by atoms with Crippen LogP contribution in [0.1, 0.15) is 36.7 Å². The van der Waals surface area contributed by atoms with Crippen molar-refractivity contribution in [3.63, 3.8) is 0 Å². The average molecular weight is 448 g/mol. The first-order valence-corrected chi connectivity index (χ1v) is 9.63. The first-order valence-electron chi connectivity index (χ1n) is 9.25. The van der Waals surface area contributed by atoms with Crippen molar-refractivity contribution in [2.45, 2.75) is 26.2 Å². The lowest BCUT2D eigenvalue weighted by molar-refractivity contribution is -0.384. The van der Waals surface area contributed by atoms with Gasteiger partial charge in [0.1, 0.15) is 11.6 Å². The lowest BCUT2D eigenvalue weighted by Crippen LogP contribution is -2.32. The number of hydrogen-bond donors (Lipinski definition) is 2. The van der Waals surface area contributed by atoms with Gasteiger partial charge in [0.05, 0.1) is 4.92 Å². The van der Waals surface area contributed by atoms with Crippen LogP contribution in [-0.2, 0) is 19.7 Å². The summed E-state index contributed by atoms with van der Waals surface area (Å²) in [5, 5.41) is 15.6. The Kier molecular flexibility index (Phi) is 7.71. The van der Waals surface area contributed by atoms with E-state index in [9.17, 15) is 24.5 Å². The maximum Gasteiger partial charge on any atom is 0.325 e. The van der Waals surface area contributed by atoms with E-state index >= 15 is 0 Å².